The van der Waals surface area contributed by atoms with Crippen LogP contribution in [0.1, 0.15) is 68.5 Å². The van der Waals surface area contributed by atoms with E-state index in [1.165, 1.54) is 24.0 Å². The van der Waals surface area contributed by atoms with Crippen molar-refractivity contribution in [2.75, 3.05) is 29.4 Å². The molecule has 2 aliphatic heterocycles. The number of sulfonamides is 1. The molecule has 42 heavy (non-hydrogen) atoms. The fraction of sp³-hybridized carbons (Fsp3) is 0.455. The molecule has 0 radical (unpaired) electrons. The van der Waals surface area contributed by atoms with E-state index in [4.69, 9.17) is 0 Å². The smallest absolute Gasteiger partial charge is 0.245 e. The van der Waals surface area contributed by atoms with Gasteiger partial charge in [0.25, 0.3) is 0 Å². The summed E-state index contributed by atoms with van der Waals surface area (Å²) in [7, 11) is -3.79. The molecule has 0 spiro atoms. The molecule has 1 aliphatic carbocycles. The van der Waals surface area contributed by atoms with Gasteiger partial charge in [0, 0.05) is 42.8 Å². The highest BCUT2D eigenvalue weighted by Crippen LogP contribution is 2.43. The molecule has 2 saturated heterocycles. The lowest BCUT2D eigenvalue weighted by molar-refractivity contribution is 0.102. The Morgan fingerprint density at radius 1 is 1.02 bits per heavy atom. The Balaban J connectivity index is 1.33. The standard InChI is InChI=1S/C33H40N4O3S2/c1-23-11-10-18-36(23)32-17-16-28(20-34-32)42(39,40)35-21-24(2)37(30(22-35)26-12-6-4-7-13-26)29-19-31(41-33(29)25(3)38)27-14-8-5-9-15-27/h5,8-9,14-17,19-20,23,26,30H,2,4,6-7,10-13,18,21-22H2,1,3H3/t23-,30?/m0/s1. The van der Waals surface area contributed by atoms with Crippen LogP contribution in [0.3, 0.4) is 0 Å². The molecule has 3 aliphatic rings. The summed E-state index contributed by atoms with van der Waals surface area (Å²) in [5.41, 5.74) is 2.63. The second kappa shape index (κ2) is 11.9. The zero-order chi connectivity index (χ0) is 29.4. The first-order chi connectivity index (χ1) is 20.2. The number of carbonyl (C=O) groups is 1. The van der Waals surface area contributed by atoms with Crippen LogP contribution in [0.15, 0.2) is 71.9 Å². The van der Waals surface area contributed by atoms with Gasteiger partial charge in [-0.15, -0.1) is 11.3 Å². The van der Waals surface area contributed by atoms with Crippen molar-refractivity contribution < 1.29 is 13.2 Å². The summed E-state index contributed by atoms with van der Waals surface area (Å²) in [5.74, 6) is 1.16. The lowest BCUT2D eigenvalue weighted by Crippen LogP contribution is -2.56. The van der Waals surface area contributed by atoms with Crippen LogP contribution < -0.4 is 9.80 Å². The van der Waals surface area contributed by atoms with Crippen LogP contribution in [0.2, 0.25) is 0 Å². The van der Waals surface area contributed by atoms with Gasteiger partial charge in [-0.2, -0.15) is 4.31 Å². The summed E-state index contributed by atoms with van der Waals surface area (Å²) < 4.78 is 29.6. The number of ketones is 1. The van der Waals surface area contributed by atoms with Gasteiger partial charge >= 0.3 is 0 Å². The van der Waals surface area contributed by atoms with E-state index in [1.54, 1.807) is 17.3 Å². The average molecular weight is 605 g/mol. The molecule has 4 heterocycles. The summed E-state index contributed by atoms with van der Waals surface area (Å²) in [6.07, 6.45) is 9.31. The number of nitrogens with zero attached hydrogens (tertiary/aromatic N) is 4. The summed E-state index contributed by atoms with van der Waals surface area (Å²) in [4.78, 5) is 23.9. The van der Waals surface area contributed by atoms with Crippen molar-refractivity contribution in [3.63, 3.8) is 0 Å². The maximum Gasteiger partial charge on any atom is 0.245 e. The van der Waals surface area contributed by atoms with Gasteiger partial charge in [0.05, 0.1) is 23.2 Å². The molecule has 2 atom stereocenters. The number of hydrogen-bond donors (Lipinski definition) is 0. The topological polar surface area (TPSA) is 73.8 Å². The normalized spacial score (nSPS) is 22.6. The molecular weight excluding hydrogens is 565 g/mol. The van der Waals surface area contributed by atoms with E-state index < -0.39 is 10.0 Å². The lowest BCUT2D eigenvalue weighted by atomic mass is 9.82. The Morgan fingerprint density at radius 2 is 1.79 bits per heavy atom. The molecule has 6 rings (SSSR count). The summed E-state index contributed by atoms with van der Waals surface area (Å²) in [5, 5.41) is 0. The molecule has 9 heteroatoms. The van der Waals surface area contributed by atoms with Crippen LogP contribution >= 0.6 is 11.3 Å². The predicted octanol–water partition coefficient (Wildman–Crippen LogP) is 6.97. The second-order valence-electron chi connectivity index (χ2n) is 12.0. The minimum absolute atomic E-state index is 0.0147. The largest absolute Gasteiger partial charge is 0.354 e. The van der Waals surface area contributed by atoms with Crippen LogP contribution in [0.4, 0.5) is 11.5 Å². The molecule has 2 aromatic heterocycles. The Bertz CT molecular complexity index is 1550. The Hall–Kier alpha value is -3.01. The Labute approximate surface area is 253 Å². The highest BCUT2D eigenvalue weighted by Gasteiger charge is 2.42. The second-order valence-corrected chi connectivity index (χ2v) is 15.0. The van der Waals surface area contributed by atoms with Crippen LogP contribution in [0, 0.1) is 5.92 Å². The first kappa shape index (κ1) is 29.1. The summed E-state index contributed by atoms with van der Waals surface area (Å²) in [6, 6.07) is 16.1. The molecule has 0 N–H and O–H groups in total. The number of carbonyl (C=O) groups excluding carboxylic acids is 1. The van der Waals surface area contributed by atoms with E-state index in [1.807, 2.05) is 24.3 Å². The van der Waals surface area contributed by atoms with Crippen LogP contribution in [0.25, 0.3) is 10.4 Å². The number of benzene rings is 1. The predicted molar refractivity (Wildman–Crippen MR) is 171 cm³/mol. The third-order valence-corrected chi connectivity index (χ3v) is 12.2. The van der Waals surface area contributed by atoms with Gasteiger partial charge in [-0.05, 0) is 62.3 Å². The number of anilines is 2. The summed E-state index contributed by atoms with van der Waals surface area (Å²) >= 11 is 1.50. The average Bonchev–Trinajstić information content (AvgIpc) is 3.64. The van der Waals surface area contributed by atoms with Crippen LogP contribution in [0.5, 0.6) is 0 Å². The molecule has 1 saturated carbocycles. The Kier molecular flexibility index (Phi) is 8.26. The number of piperazine rings is 1. The molecule has 3 fully saturated rings. The van der Waals surface area contributed by atoms with Crippen molar-refractivity contribution in [1.82, 2.24) is 9.29 Å². The zero-order valence-corrected chi connectivity index (χ0v) is 26.2. The molecule has 0 bridgehead atoms. The first-order valence-electron chi connectivity index (χ1n) is 15.1. The minimum Gasteiger partial charge on any atom is -0.354 e. The number of thiophene rings is 1. The van der Waals surface area contributed by atoms with Gasteiger partial charge in [0.2, 0.25) is 10.0 Å². The lowest BCUT2D eigenvalue weighted by Gasteiger charge is -2.47. The van der Waals surface area contributed by atoms with Crippen molar-refractivity contribution in [2.24, 2.45) is 5.92 Å². The van der Waals surface area contributed by atoms with E-state index in [9.17, 15) is 13.2 Å². The van der Waals surface area contributed by atoms with Gasteiger partial charge in [0.15, 0.2) is 5.78 Å². The van der Waals surface area contributed by atoms with Crippen LogP contribution in [-0.4, -0.2) is 55.2 Å². The van der Waals surface area contributed by atoms with Gasteiger partial charge in [-0.1, -0.05) is 56.2 Å². The first-order valence-corrected chi connectivity index (χ1v) is 17.4. The van der Waals surface area contributed by atoms with E-state index in [-0.39, 0.29) is 23.3 Å². The van der Waals surface area contributed by atoms with E-state index in [2.05, 4.69) is 46.5 Å². The monoisotopic (exact) mass is 604 g/mol. The van der Waals surface area contributed by atoms with Gasteiger partial charge in [-0.25, -0.2) is 13.4 Å². The van der Waals surface area contributed by atoms with Crippen molar-refractivity contribution in [3.05, 3.63) is 71.9 Å². The number of Topliss-reactive ketones (excluding diaryl/α,β-unsaturated/α-hetero) is 1. The zero-order valence-electron chi connectivity index (χ0n) is 24.5. The highest BCUT2D eigenvalue weighted by atomic mass is 32.2. The number of hydrogen-bond acceptors (Lipinski definition) is 7. The fourth-order valence-electron chi connectivity index (χ4n) is 6.95. The molecule has 1 aromatic carbocycles. The van der Waals surface area contributed by atoms with Crippen molar-refractivity contribution >= 4 is 38.6 Å². The third-order valence-electron chi connectivity index (χ3n) is 9.17. The van der Waals surface area contributed by atoms with E-state index in [0.717, 1.165) is 67.0 Å². The van der Waals surface area contributed by atoms with E-state index in [0.29, 0.717) is 29.1 Å². The Morgan fingerprint density at radius 3 is 2.43 bits per heavy atom. The number of pyridine rings is 1. The molecule has 3 aromatic rings. The maximum atomic E-state index is 14.0. The SMILES string of the molecule is C=C1CN(S(=O)(=O)c2ccc(N3CCC[C@@H]3C)nc2)CC(C2CCCCC2)N1c1cc(-c2ccccc2)sc1C(C)=O. The van der Waals surface area contributed by atoms with Crippen molar-refractivity contribution in [1.29, 1.82) is 0 Å². The fourth-order valence-corrected chi connectivity index (χ4v) is 9.40. The van der Waals surface area contributed by atoms with Crippen molar-refractivity contribution in [2.45, 2.75) is 75.8 Å². The molecule has 222 valence electrons. The highest BCUT2D eigenvalue weighted by molar-refractivity contribution is 7.89. The maximum absolute atomic E-state index is 14.0. The molecule has 7 nitrogen and oxygen atoms in total. The van der Waals surface area contributed by atoms with Crippen LogP contribution in [-0.2, 0) is 10.0 Å². The molecule has 0 amide bonds. The summed E-state index contributed by atoms with van der Waals surface area (Å²) in [6.45, 7) is 9.69. The molecular formula is C33H40N4O3S2. The van der Waals surface area contributed by atoms with Crippen molar-refractivity contribution in [3.8, 4) is 10.4 Å². The number of rotatable bonds is 7. The van der Waals surface area contributed by atoms with Gasteiger partial charge < -0.3 is 9.80 Å². The van der Waals surface area contributed by atoms with Gasteiger partial charge in [-0.3, -0.25) is 4.79 Å². The van der Waals surface area contributed by atoms with E-state index >= 15 is 0 Å². The third kappa shape index (κ3) is 5.54. The molecule has 1 unspecified atom stereocenters. The number of aromatic nitrogens is 1. The quantitative estimate of drug-likeness (QED) is 0.271. The minimum atomic E-state index is -3.79. The van der Waals surface area contributed by atoms with Gasteiger partial charge in [0.1, 0.15) is 10.7 Å².